The molecule has 2 N–H and O–H groups in total. The molecule has 0 atom stereocenters. The summed E-state index contributed by atoms with van der Waals surface area (Å²) in [6.07, 6.45) is 5.35. The fraction of sp³-hybridized carbons (Fsp3) is 0.273. The van der Waals surface area contributed by atoms with Crippen molar-refractivity contribution in [1.82, 2.24) is 10.6 Å². The molecule has 2 amide bonds. The smallest absolute Gasteiger partial charge is 0.251 e. The van der Waals surface area contributed by atoms with Gasteiger partial charge in [0.05, 0.1) is 0 Å². The summed E-state index contributed by atoms with van der Waals surface area (Å²) in [4.78, 5) is 23.9. The predicted molar refractivity (Wildman–Crippen MR) is 106 cm³/mol. The van der Waals surface area contributed by atoms with Crippen LogP contribution in [0.15, 0.2) is 54.6 Å². The van der Waals surface area contributed by atoms with E-state index < -0.39 is 0 Å². The molecule has 0 bridgehead atoms. The van der Waals surface area contributed by atoms with E-state index in [2.05, 4.69) is 17.6 Å². The minimum atomic E-state index is -0.146. The van der Waals surface area contributed by atoms with Crippen LogP contribution in [0.4, 0.5) is 0 Å². The van der Waals surface area contributed by atoms with Gasteiger partial charge in [0.1, 0.15) is 0 Å². The quantitative estimate of drug-likeness (QED) is 0.561. The van der Waals surface area contributed by atoms with Gasteiger partial charge in [0.2, 0.25) is 5.91 Å². The van der Waals surface area contributed by atoms with Crippen molar-refractivity contribution >= 4 is 17.9 Å². The third-order valence-corrected chi connectivity index (χ3v) is 4.00. The molecule has 0 aliphatic carbocycles. The molecular formula is C22H26N2O2. The highest BCUT2D eigenvalue weighted by Gasteiger charge is 2.04. The van der Waals surface area contributed by atoms with E-state index in [0.717, 1.165) is 24.0 Å². The maximum atomic E-state index is 11.9. The average Bonchev–Trinajstić information content (AvgIpc) is 2.66. The molecule has 0 aliphatic heterocycles. The minimum Gasteiger partial charge on any atom is -0.352 e. The first kappa shape index (κ1) is 19.4. The molecule has 0 saturated carbocycles. The van der Waals surface area contributed by atoms with Crippen LogP contribution < -0.4 is 10.6 Å². The first-order valence-corrected chi connectivity index (χ1v) is 8.98. The van der Waals surface area contributed by atoms with Crippen molar-refractivity contribution in [3.05, 3.63) is 76.9 Å². The number of unbranched alkanes of at least 4 members (excludes halogenated alkanes) is 1. The van der Waals surface area contributed by atoms with Crippen LogP contribution in [-0.4, -0.2) is 18.4 Å². The van der Waals surface area contributed by atoms with E-state index in [4.69, 9.17) is 0 Å². The summed E-state index contributed by atoms with van der Waals surface area (Å²) in [6.45, 7) is 5.24. The molecule has 0 heterocycles. The number of hydrogen-bond donors (Lipinski definition) is 2. The van der Waals surface area contributed by atoms with Crippen molar-refractivity contribution in [2.45, 2.75) is 33.2 Å². The van der Waals surface area contributed by atoms with E-state index in [9.17, 15) is 9.59 Å². The minimum absolute atomic E-state index is 0.0601. The first-order valence-electron chi connectivity index (χ1n) is 8.98. The molecular weight excluding hydrogens is 324 g/mol. The van der Waals surface area contributed by atoms with Crippen LogP contribution in [-0.2, 0) is 11.3 Å². The van der Waals surface area contributed by atoms with Gasteiger partial charge in [-0.05, 0) is 42.7 Å². The van der Waals surface area contributed by atoms with Gasteiger partial charge in [0.15, 0.2) is 0 Å². The van der Waals surface area contributed by atoms with E-state index in [1.54, 1.807) is 18.2 Å². The topological polar surface area (TPSA) is 58.2 Å². The van der Waals surface area contributed by atoms with E-state index in [0.29, 0.717) is 18.7 Å². The number of amides is 2. The third kappa shape index (κ3) is 6.55. The van der Waals surface area contributed by atoms with Crippen molar-refractivity contribution in [1.29, 1.82) is 0 Å². The Kier molecular flexibility index (Phi) is 7.62. The van der Waals surface area contributed by atoms with Gasteiger partial charge >= 0.3 is 0 Å². The summed E-state index contributed by atoms with van der Waals surface area (Å²) < 4.78 is 0. The molecule has 0 fully saturated rings. The standard InChI is InChI=1S/C22H26N2O2/c1-3-4-15-23-22(26)20-12-9-19(10-13-20)16-24-21(25)14-11-18-7-5-17(2)6-8-18/h5-14H,3-4,15-16H2,1-2H3,(H,23,26)(H,24,25)/b14-11+. The lowest BCUT2D eigenvalue weighted by Gasteiger charge is -2.06. The Bertz CT molecular complexity index is 747. The van der Waals surface area contributed by atoms with Crippen molar-refractivity contribution in [3.8, 4) is 0 Å². The molecule has 2 aromatic rings. The van der Waals surface area contributed by atoms with Crippen LogP contribution in [0.2, 0.25) is 0 Å². The molecule has 0 unspecified atom stereocenters. The Hall–Kier alpha value is -2.88. The predicted octanol–water partition coefficient (Wildman–Crippen LogP) is 3.85. The highest BCUT2D eigenvalue weighted by atomic mass is 16.2. The maximum absolute atomic E-state index is 11.9. The molecule has 26 heavy (non-hydrogen) atoms. The molecule has 2 aromatic carbocycles. The van der Waals surface area contributed by atoms with Crippen molar-refractivity contribution in [2.75, 3.05) is 6.54 Å². The second kappa shape index (κ2) is 10.2. The van der Waals surface area contributed by atoms with Gasteiger partial charge in [0.25, 0.3) is 5.91 Å². The number of rotatable bonds is 8. The van der Waals surface area contributed by atoms with Gasteiger partial charge < -0.3 is 10.6 Å². The zero-order chi connectivity index (χ0) is 18.8. The molecule has 0 spiro atoms. The second-order valence-corrected chi connectivity index (χ2v) is 6.27. The normalized spacial score (nSPS) is 10.7. The summed E-state index contributed by atoms with van der Waals surface area (Å²) in [5.41, 5.74) is 3.76. The Morgan fingerprint density at radius 2 is 1.65 bits per heavy atom. The summed E-state index contributed by atoms with van der Waals surface area (Å²) in [5.74, 6) is -0.206. The number of hydrogen-bond acceptors (Lipinski definition) is 2. The lowest BCUT2D eigenvalue weighted by Crippen LogP contribution is -2.24. The van der Waals surface area contributed by atoms with Gasteiger partial charge in [-0.1, -0.05) is 55.3 Å². The van der Waals surface area contributed by atoms with Gasteiger partial charge in [0, 0.05) is 24.7 Å². The Morgan fingerprint density at radius 3 is 2.31 bits per heavy atom. The number of carbonyl (C=O) groups is 2. The largest absolute Gasteiger partial charge is 0.352 e. The van der Waals surface area contributed by atoms with Crippen molar-refractivity contribution < 1.29 is 9.59 Å². The summed E-state index contributed by atoms with van der Waals surface area (Å²) >= 11 is 0. The van der Waals surface area contributed by atoms with Crippen LogP contribution in [0, 0.1) is 6.92 Å². The molecule has 0 radical (unpaired) electrons. The fourth-order valence-electron chi connectivity index (χ4n) is 2.35. The zero-order valence-corrected chi connectivity index (χ0v) is 15.4. The summed E-state index contributed by atoms with van der Waals surface area (Å²) in [7, 11) is 0. The molecule has 0 saturated heterocycles. The van der Waals surface area contributed by atoms with E-state index in [-0.39, 0.29) is 11.8 Å². The average molecular weight is 350 g/mol. The third-order valence-electron chi connectivity index (χ3n) is 4.00. The van der Waals surface area contributed by atoms with E-state index in [1.165, 1.54) is 11.6 Å². The van der Waals surface area contributed by atoms with Gasteiger partial charge in [-0.2, -0.15) is 0 Å². The van der Waals surface area contributed by atoms with Crippen LogP contribution in [0.1, 0.15) is 46.8 Å². The number of nitrogens with one attached hydrogen (secondary N) is 2. The van der Waals surface area contributed by atoms with E-state index >= 15 is 0 Å². The highest BCUT2D eigenvalue weighted by molar-refractivity contribution is 5.94. The van der Waals surface area contributed by atoms with Crippen LogP contribution >= 0.6 is 0 Å². The molecule has 2 rings (SSSR count). The van der Waals surface area contributed by atoms with Crippen LogP contribution in [0.5, 0.6) is 0 Å². The monoisotopic (exact) mass is 350 g/mol. The lowest BCUT2D eigenvalue weighted by atomic mass is 10.1. The van der Waals surface area contributed by atoms with Gasteiger partial charge in [-0.25, -0.2) is 0 Å². The number of aryl methyl sites for hydroxylation is 1. The Labute approximate surface area is 155 Å². The molecule has 136 valence electrons. The van der Waals surface area contributed by atoms with Crippen molar-refractivity contribution in [3.63, 3.8) is 0 Å². The molecule has 4 heteroatoms. The molecule has 0 aliphatic rings. The number of benzene rings is 2. The number of carbonyl (C=O) groups excluding carboxylic acids is 2. The maximum Gasteiger partial charge on any atom is 0.251 e. The van der Waals surface area contributed by atoms with Crippen molar-refractivity contribution in [2.24, 2.45) is 0 Å². The Morgan fingerprint density at radius 1 is 0.962 bits per heavy atom. The van der Waals surface area contributed by atoms with Gasteiger partial charge in [-0.3, -0.25) is 9.59 Å². The zero-order valence-electron chi connectivity index (χ0n) is 15.4. The van der Waals surface area contributed by atoms with Crippen LogP contribution in [0.3, 0.4) is 0 Å². The molecule has 0 aromatic heterocycles. The lowest BCUT2D eigenvalue weighted by molar-refractivity contribution is -0.116. The van der Waals surface area contributed by atoms with Gasteiger partial charge in [-0.15, -0.1) is 0 Å². The second-order valence-electron chi connectivity index (χ2n) is 6.27. The Balaban J connectivity index is 1.80. The fourth-order valence-corrected chi connectivity index (χ4v) is 2.35. The summed E-state index contributed by atoms with van der Waals surface area (Å²) in [5, 5.41) is 5.73. The highest BCUT2D eigenvalue weighted by Crippen LogP contribution is 2.06. The molecule has 4 nitrogen and oxygen atoms in total. The van der Waals surface area contributed by atoms with E-state index in [1.807, 2.05) is 43.3 Å². The van der Waals surface area contributed by atoms with Crippen LogP contribution in [0.25, 0.3) is 6.08 Å². The summed E-state index contributed by atoms with van der Waals surface area (Å²) in [6, 6.07) is 15.3. The first-order chi connectivity index (χ1) is 12.6. The SMILES string of the molecule is CCCCNC(=O)c1ccc(CNC(=O)/C=C/c2ccc(C)cc2)cc1.